The van der Waals surface area contributed by atoms with Gasteiger partial charge in [-0.2, -0.15) is 0 Å². The highest BCUT2D eigenvalue weighted by Crippen LogP contribution is 2.13. The van der Waals surface area contributed by atoms with Gasteiger partial charge in [0.15, 0.2) is 0 Å². The maximum Gasteiger partial charge on any atom is 0.136 e. The van der Waals surface area contributed by atoms with Gasteiger partial charge in [-0.3, -0.25) is 0 Å². The molecule has 2 aromatic rings. The fraction of sp³-hybridized carbons (Fsp3) is 0.273. The van der Waals surface area contributed by atoms with Crippen molar-refractivity contribution in [2.75, 3.05) is 5.73 Å². The topological polar surface area (TPSA) is 51.8 Å². The average molecular weight is 219 g/mol. The molecule has 0 unspecified atom stereocenters. The van der Waals surface area contributed by atoms with Gasteiger partial charge in [0.25, 0.3) is 0 Å². The van der Waals surface area contributed by atoms with Gasteiger partial charge >= 0.3 is 0 Å². The van der Waals surface area contributed by atoms with E-state index >= 15 is 0 Å². The standard InChI is InChI=1S/C11H13N3S/c1-2-8-6-10(12)14-11(13-8)7-9-4-3-5-15-9/h3-6H,2,7H2,1H3,(H2,12,13,14). The SMILES string of the molecule is CCc1cc(N)nc(Cc2cccs2)n1. The highest BCUT2D eigenvalue weighted by Gasteiger charge is 2.03. The molecule has 2 heterocycles. The summed E-state index contributed by atoms with van der Waals surface area (Å²) in [4.78, 5) is 9.94. The smallest absolute Gasteiger partial charge is 0.136 e. The molecule has 15 heavy (non-hydrogen) atoms. The van der Waals surface area contributed by atoms with Crippen molar-refractivity contribution in [2.24, 2.45) is 0 Å². The van der Waals surface area contributed by atoms with Crippen molar-refractivity contribution in [3.63, 3.8) is 0 Å². The van der Waals surface area contributed by atoms with Gasteiger partial charge in [0, 0.05) is 23.1 Å². The Morgan fingerprint density at radius 2 is 2.27 bits per heavy atom. The molecule has 0 spiro atoms. The lowest BCUT2D eigenvalue weighted by atomic mass is 10.3. The molecule has 2 aromatic heterocycles. The van der Waals surface area contributed by atoms with Gasteiger partial charge < -0.3 is 5.73 Å². The Balaban J connectivity index is 2.24. The van der Waals surface area contributed by atoms with Crippen LogP contribution < -0.4 is 5.73 Å². The number of aromatic nitrogens is 2. The predicted octanol–water partition coefficient (Wildman–Crippen LogP) is 2.27. The molecule has 0 aliphatic rings. The van der Waals surface area contributed by atoms with E-state index in [2.05, 4.69) is 28.3 Å². The second-order valence-corrected chi connectivity index (χ2v) is 4.34. The van der Waals surface area contributed by atoms with Crippen molar-refractivity contribution >= 4 is 17.2 Å². The summed E-state index contributed by atoms with van der Waals surface area (Å²) >= 11 is 1.72. The number of rotatable bonds is 3. The van der Waals surface area contributed by atoms with Crippen LogP contribution in [-0.4, -0.2) is 9.97 Å². The van der Waals surface area contributed by atoms with Crippen LogP contribution in [-0.2, 0) is 12.8 Å². The zero-order chi connectivity index (χ0) is 10.7. The van der Waals surface area contributed by atoms with Gasteiger partial charge in [-0.25, -0.2) is 9.97 Å². The molecule has 0 fully saturated rings. The quantitative estimate of drug-likeness (QED) is 0.861. The van der Waals surface area contributed by atoms with Crippen LogP contribution in [0.25, 0.3) is 0 Å². The molecule has 2 N–H and O–H groups in total. The third kappa shape index (κ3) is 2.53. The maximum absolute atomic E-state index is 5.72. The first-order valence-corrected chi connectivity index (χ1v) is 5.80. The Kier molecular flexibility index (Phi) is 2.97. The molecule has 2 rings (SSSR count). The fourth-order valence-electron chi connectivity index (χ4n) is 1.40. The van der Waals surface area contributed by atoms with Gasteiger partial charge in [-0.1, -0.05) is 13.0 Å². The number of thiophene rings is 1. The second-order valence-electron chi connectivity index (χ2n) is 3.31. The molecule has 0 aliphatic carbocycles. The van der Waals surface area contributed by atoms with Crippen LogP contribution in [0.15, 0.2) is 23.6 Å². The highest BCUT2D eigenvalue weighted by molar-refractivity contribution is 7.09. The second kappa shape index (κ2) is 4.40. The first-order chi connectivity index (χ1) is 7.28. The van der Waals surface area contributed by atoms with E-state index in [1.165, 1.54) is 4.88 Å². The van der Waals surface area contributed by atoms with Crippen LogP contribution >= 0.6 is 11.3 Å². The largest absolute Gasteiger partial charge is 0.384 e. The summed E-state index contributed by atoms with van der Waals surface area (Å²) in [5, 5.41) is 2.06. The van der Waals surface area contributed by atoms with Crippen molar-refractivity contribution in [3.8, 4) is 0 Å². The molecule has 0 aromatic carbocycles. The lowest BCUT2D eigenvalue weighted by Crippen LogP contribution is -2.02. The molecule has 78 valence electrons. The van der Waals surface area contributed by atoms with E-state index in [0.29, 0.717) is 5.82 Å². The maximum atomic E-state index is 5.72. The first kappa shape index (κ1) is 10.1. The van der Waals surface area contributed by atoms with Gasteiger partial charge in [0.05, 0.1) is 0 Å². The van der Waals surface area contributed by atoms with Crippen LogP contribution in [0.5, 0.6) is 0 Å². The van der Waals surface area contributed by atoms with Crippen LogP contribution in [0.2, 0.25) is 0 Å². The number of nitrogens with two attached hydrogens (primary N) is 1. The minimum atomic E-state index is 0.563. The van der Waals surface area contributed by atoms with E-state index < -0.39 is 0 Å². The number of anilines is 1. The third-order valence-corrected chi connectivity index (χ3v) is 3.00. The van der Waals surface area contributed by atoms with E-state index in [9.17, 15) is 0 Å². The molecule has 0 radical (unpaired) electrons. The van der Waals surface area contributed by atoms with Gasteiger partial charge in [-0.15, -0.1) is 11.3 Å². The monoisotopic (exact) mass is 219 g/mol. The van der Waals surface area contributed by atoms with Crippen LogP contribution in [0.3, 0.4) is 0 Å². The summed E-state index contributed by atoms with van der Waals surface area (Å²) < 4.78 is 0. The Morgan fingerprint density at radius 3 is 2.93 bits per heavy atom. The first-order valence-electron chi connectivity index (χ1n) is 4.92. The number of nitrogens with zero attached hydrogens (tertiary/aromatic N) is 2. The van der Waals surface area contributed by atoms with Crippen molar-refractivity contribution in [1.29, 1.82) is 0 Å². The zero-order valence-corrected chi connectivity index (χ0v) is 9.42. The Hall–Kier alpha value is -1.42. The summed E-state index contributed by atoms with van der Waals surface area (Å²) in [6, 6.07) is 5.95. The summed E-state index contributed by atoms with van der Waals surface area (Å²) in [5.41, 5.74) is 6.72. The number of hydrogen-bond acceptors (Lipinski definition) is 4. The Morgan fingerprint density at radius 1 is 1.40 bits per heavy atom. The fourth-order valence-corrected chi connectivity index (χ4v) is 2.11. The van der Waals surface area contributed by atoms with E-state index in [-0.39, 0.29) is 0 Å². The van der Waals surface area contributed by atoms with Crippen LogP contribution in [0.4, 0.5) is 5.82 Å². The summed E-state index contributed by atoms with van der Waals surface area (Å²) in [7, 11) is 0. The normalized spacial score (nSPS) is 10.5. The van der Waals surface area contributed by atoms with E-state index in [4.69, 9.17) is 5.73 Å². The molecule has 0 saturated heterocycles. The zero-order valence-electron chi connectivity index (χ0n) is 8.60. The predicted molar refractivity (Wildman–Crippen MR) is 62.9 cm³/mol. The lowest BCUT2D eigenvalue weighted by molar-refractivity contribution is 0.918. The molecular weight excluding hydrogens is 206 g/mol. The van der Waals surface area contributed by atoms with Crippen molar-refractivity contribution in [3.05, 3.63) is 40.0 Å². The van der Waals surface area contributed by atoms with Crippen molar-refractivity contribution in [1.82, 2.24) is 9.97 Å². The Bertz CT molecular complexity index is 437. The molecule has 0 saturated carbocycles. The molecular formula is C11H13N3S. The number of nitrogen functional groups attached to an aromatic ring is 1. The summed E-state index contributed by atoms with van der Waals surface area (Å²) in [6.45, 7) is 2.07. The van der Waals surface area contributed by atoms with E-state index in [1.54, 1.807) is 11.3 Å². The molecule has 0 amide bonds. The molecule has 4 heteroatoms. The average Bonchev–Trinajstić information content (AvgIpc) is 2.69. The van der Waals surface area contributed by atoms with Crippen LogP contribution in [0, 0.1) is 0 Å². The van der Waals surface area contributed by atoms with Gasteiger partial charge in [0.2, 0.25) is 0 Å². The number of hydrogen-bond donors (Lipinski definition) is 1. The molecule has 0 bridgehead atoms. The van der Waals surface area contributed by atoms with E-state index in [0.717, 1.165) is 24.4 Å². The van der Waals surface area contributed by atoms with Crippen molar-refractivity contribution < 1.29 is 0 Å². The van der Waals surface area contributed by atoms with E-state index in [1.807, 2.05) is 12.1 Å². The highest BCUT2D eigenvalue weighted by atomic mass is 32.1. The summed E-state index contributed by atoms with van der Waals surface area (Å²) in [6.07, 6.45) is 1.67. The minimum absolute atomic E-state index is 0.563. The molecule has 3 nitrogen and oxygen atoms in total. The summed E-state index contributed by atoms with van der Waals surface area (Å²) in [5.74, 6) is 1.38. The third-order valence-electron chi connectivity index (χ3n) is 2.12. The minimum Gasteiger partial charge on any atom is -0.384 e. The van der Waals surface area contributed by atoms with Crippen molar-refractivity contribution in [2.45, 2.75) is 19.8 Å². The van der Waals surface area contributed by atoms with Gasteiger partial charge in [-0.05, 0) is 17.9 Å². The van der Waals surface area contributed by atoms with Crippen LogP contribution in [0.1, 0.15) is 23.3 Å². The molecule has 0 atom stereocenters. The van der Waals surface area contributed by atoms with Gasteiger partial charge in [0.1, 0.15) is 11.6 Å². The Labute approximate surface area is 93.0 Å². The number of aryl methyl sites for hydroxylation is 1. The lowest BCUT2D eigenvalue weighted by Gasteiger charge is -2.02. The molecule has 0 aliphatic heterocycles.